The van der Waals surface area contributed by atoms with Gasteiger partial charge in [-0.15, -0.1) is 11.8 Å². The van der Waals surface area contributed by atoms with Crippen molar-refractivity contribution in [3.05, 3.63) is 40.1 Å². The van der Waals surface area contributed by atoms with Crippen molar-refractivity contribution in [3.8, 4) is 0 Å². The van der Waals surface area contributed by atoms with Crippen molar-refractivity contribution >= 4 is 35.0 Å². The van der Waals surface area contributed by atoms with Crippen LogP contribution in [-0.2, 0) is 4.79 Å². The number of benzene rings is 1. The lowest BCUT2D eigenvalue weighted by Crippen LogP contribution is -2.17. The van der Waals surface area contributed by atoms with E-state index in [0.29, 0.717) is 11.3 Å². The molecule has 0 aromatic heterocycles. The zero-order valence-corrected chi connectivity index (χ0v) is 14.1. The molecule has 0 saturated heterocycles. The molecule has 1 aromatic carbocycles. The standard InChI is InChI=1S/C15H18ClN3OS/c1-9-6-14(10(2)5-12(9)16)21-8-13-11(7-19(3)4)15(20)18-17-13/h5-7H,8H2,1-4H3,(H,18,20)/b11-7-. The van der Waals surface area contributed by atoms with E-state index in [2.05, 4.69) is 16.6 Å². The van der Waals surface area contributed by atoms with Gasteiger partial charge in [-0.25, -0.2) is 5.43 Å². The summed E-state index contributed by atoms with van der Waals surface area (Å²) in [7, 11) is 3.77. The fraction of sp³-hybridized carbons (Fsp3) is 0.333. The van der Waals surface area contributed by atoms with E-state index in [4.69, 9.17) is 11.6 Å². The van der Waals surface area contributed by atoms with Crippen molar-refractivity contribution < 1.29 is 4.79 Å². The zero-order chi connectivity index (χ0) is 15.6. The van der Waals surface area contributed by atoms with Crippen molar-refractivity contribution in [2.24, 2.45) is 5.10 Å². The molecular weight excluding hydrogens is 306 g/mol. The monoisotopic (exact) mass is 323 g/mol. The normalized spacial score (nSPS) is 16.1. The molecule has 21 heavy (non-hydrogen) atoms. The van der Waals surface area contributed by atoms with Gasteiger partial charge in [0.1, 0.15) is 0 Å². The molecule has 0 saturated carbocycles. The molecule has 2 rings (SSSR count). The Morgan fingerprint density at radius 2 is 2.05 bits per heavy atom. The summed E-state index contributed by atoms with van der Waals surface area (Å²) >= 11 is 7.77. The Kier molecular flexibility index (Phi) is 4.96. The molecule has 0 radical (unpaired) electrons. The Bertz CT molecular complexity index is 638. The smallest absolute Gasteiger partial charge is 0.274 e. The molecule has 0 atom stereocenters. The Labute approximate surface area is 134 Å². The van der Waals surface area contributed by atoms with Gasteiger partial charge in [0.05, 0.1) is 11.3 Å². The van der Waals surface area contributed by atoms with Crippen LogP contribution >= 0.6 is 23.4 Å². The molecule has 1 aliphatic rings. The van der Waals surface area contributed by atoms with Crippen molar-refractivity contribution in [1.29, 1.82) is 0 Å². The lowest BCUT2D eigenvalue weighted by atomic mass is 10.2. The number of rotatable bonds is 4. The maximum Gasteiger partial charge on any atom is 0.274 e. The summed E-state index contributed by atoms with van der Waals surface area (Å²) in [4.78, 5) is 14.8. The van der Waals surface area contributed by atoms with Crippen molar-refractivity contribution in [3.63, 3.8) is 0 Å². The molecule has 0 fully saturated rings. The fourth-order valence-electron chi connectivity index (χ4n) is 1.93. The van der Waals surface area contributed by atoms with Crippen molar-refractivity contribution in [2.75, 3.05) is 19.8 Å². The quantitative estimate of drug-likeness (QED) is 0.684. The number of hydrazone groups is 1. The molecule has 0 bridgehead atoms. The summed E-state index contributed by atoms with van der Waals surface area (Å²) in [5, 5.41) is 4.89. The van der Waals surface area contributed by atoms with E-state index in [1.165, 1.54) is 0 Å². The van der Waals surface area contributed by atoms with E-state index in [1.807, 2.05) is 38.9 Å². The van der Waals surface area contributed by atoms with Gasteiger partial charge in [0.15, 0.2) is 0 Å². The summed E-state index contributed by atoms with van der Waals surface area (Å²) in [6, 6.07) is 4.04. The molecule has 1 heterocycles. The largest absolute Gasteiger partial charge is 0.383 e. The topological polar surface area (TPSA) is 44.7 Å². The van der Waals surface area contributed by atoms with Crippen LogP contribution in [0, 0.1) is 13.8 Å². The molecule has 0 unspecified atom stereocenters. The Morgan fingerprint density at radius 3 is 2.71 bits per heavy atom. The highest BCUT2D eigenvalue weighted by Gasteiger charge is 2.23. The van der Waals surface area contributed by atoms with E-state index in [1.54, 1.807) is 18.0 Å². The summed E-state index contributed by atoms with van der Waals surface area (Å²) in [6.45, 7) is 4.02. The third kappa shape index (κ3) is 3.80. The summed E-state index contributed by atoms with van der Waals surface area (Å²) in [5.74, 6) is 0.489. The maximum atomic E-state index is 11.7. The van der Waals surface area contributed by atoms with Crippen LogP contribution in [-0.4, -0.2) is 36.4 Å². The second kappa shape index (κ2) is 6.54. The molecule has 1 amide bonds. The Hall–Kier alpha value is -1.46. The third-order valence-electron chi connectivity index (χ3n) is 3.06. The Morgan fingerprint density at radius 1 is 1.33 bits per heavy atom. The molecule has 1 aromatic rings. The van der Waals surface area contributed by atoms with Crippen LogP contribution in [0.15, 0.2) is 33.9 Å². The van der Waals surface area contributed by atoms with Crippen LogP contribution in [0.3, 0.4) is 0 Å². The van der Waals surface area contributed by atoms with Gasteiger partial charge >= 0.3 is 0 Å². The van der Waals surface area contributed by atoms with E-state index in [-0.39, 0.29) is 5.91 Å². The van der Waals surface area contributed by atoms with Crippen molar-refractivity contribution in [1.82, 2.24) is 10.3 Å². The zero-order valence-electron chi connectivity index (χ0n) is 12.5. The molecule has 0 spiro atoms. The highest BCUT2D eigenvalue weighted by Crippen LogP contribution is 2.29. The number of hydrogen-bond donors (Lipinski definition) is 1. The maximum absolute atomic E-state index is 11.7. The van der Waals surface area contributed by atoms with E-state index in [9.17, 15) is 4.79 Å². The van der Waals surface area contributed by atoms with Gasteiger partial charge < -0.3 is 4.90 Å². The van der Waals surface area contributed by atoms with Crippen LogP contribution in [0.25, 0.3) is 0 Å². The SMILES string of the molecule is Cc1cc(SCC2=NNC(=O)/C2=C\N(C)C)c(C)cc1Cl. The van der Waals surface area contributed by atoms with Gasteiger partial charge in [0.25, 0.3) is 5.91 Å². The highest BCUT2D eigenvalue weighted by atomic mass is 35.5. The first kappa shape index (κ1) is 15.9. The predicted octanol–water partition coefficient (Wildman–Crippen LogP) is 2.98. The minimum absolute atomic E-state index is 0.150. The number of nitrogens with zero attached hydrogens (tertiary/aromatic N) is 2. The number of amides is 1. The van der Waals surface area contributed by atoms with Crippen molar-refractivity contribution in [2.45, 2.75) is 18.7 Å². The average Bonchev–Trinajstić information content (AvgIpc) is 2.73. The van der Waals surface area contributed by atoms with E-state index >= 15 is 0 Å². The lowest BCUT2D eigenvalue weighted by Gasteiger charge is -2.10. The number of thioether (sulfide) groups is 1. The molecule has 0 aliphatic carbocycles. The van der Waals surface area contributed by atoms with E-state index in [0.717, 1.165) is 26.8 Å². The molecule has 4 nitrogen and oxygen atoms in total. The number of halogens is 1. The minimum atomic E-state index is -0.150. The number of carbonyl (C=O) groups excluding carboxylic acids is 1. The third-order valence-corrected chi connectivity index (χ3v) is 4.63. The Balaban J connectivity index is 2.13. The number of hydrogen-bond acceptors (Lipinski definition) is 4. The van der Waals surface area contributed by atoms with Gasteiger partial charge in [-0.2, -0.15) is 5.10 Å². The molecule has 1 aliphatic heterocycles. The summed E-state index contributed by atoms with van der Waals surface area (Å²) < 4.78 is 0. The lowest BCUT2D eigenvalue weighted by molar-refractivity contribution is -0.116. The number of nitrogens with one attached hydrogen (secondary N) is 1. The second-order valence-corrected chi connectivity index (χ2v) is 6.59. The van der Waals surface area contributed by atoms with Crippen LogP contribution in [0.5, 0.6) is 0 Å². The van der Waals surface area contributed by atoms with Gasteiger partial charge in [-0.3, -0.25) is 4.79 Å². The van der Waals surface area contributed by atoms with Crippen LogP contribution in [0.4, 0.5) is 0 Å². The number of aryl methyl sites for hydroxylation is 2. The number of carbonyl (C=O) groups is 1. The highest BCUT2D eigenvalue weighted by molar-refractivity contribution is 8.00. The van der Waals surface area contributed by atoms with Gasteiger partial charge in [-0.1, -0.05) is 11.6 Å². The van der Waals surface area contributed by atoms with Crippen LogP contribution in [0.2, 0.25) is 5.02 Å². The average molecular weight is 324 g/mol. The van der Waals surface area contributed by atoms with E-state index < -0.39 is 0 Å². The first-order valence-electron chi connectivity index (χ1n) is 6.53. The fourth-order valence-corrected chi connectivity index (χ4v) is 3.20. The van der Waals surface area contributed by atoms with Gasteiger partial charge in [-0.05, 0) is 37.1 Å². The molecule has 112 valence electrons. The van der Waals surface area contributed by atoms with Crippen LogP contribution < -0.4 is 5.43 Å². The second-order valence-electron chi connectivity index (χ2n) is 5.16. The summed E-state index contributed by atoms with van der Waals surface area (Å²) in [5.41, 5.74) is 6.09. The first-order valence-corrected chi connectivity index (χ1v) is 7.90. The molecule has 1 N–H and O–H groups in total. The van der Waals surface area contributed by atoms with Gasteiger partial charge in [0.2, 0.25) is 0 Å². The summed E-state index contributed by atoms with van der Waals surface area (Å²) in [6.07, 6.45) is 1.79. The van der Waals surface area contributed by atoms with Crippen LogP contribution in [0.1, 0.15) is 11.1 Å². The first-order chi connectivity index (χ1) is 9.88. The minimum Gasteiger partial charge on any atom is -0.383 e. The molecule has 6 heteroatoms. The van der Waals surface area contributed by atoms with Gasteiger partial charge in [0, 0.05) is 36.0 Å². The molecular formula is C15H18ClN3OS. The predicted molar refractivity (Wildman–Crippen MR) is 89.0 cm³/mol.